The van der Waals surface area contributed by atoms with Crippen LogP contribution in [0.2, 0.25) is 0 Å². The lowest BCUT2D eigenvalue weighted by Crippen LogP contribution is -2.38. The molecule has 0 spiro atoms. The van der Waals surface area contributed by atoms with Crippen LogP contribution in [0.3, 0.4) is 0 Å². The summed E-state index contributed by atoms with van der Waals surface area (Å²) in [5.74, 6) is -2.33. The van der Waals surface area contributed by atoms with Gasteiger partial charge in [0.05, 0.1) is 11.3 Å². The lowest BCUT2D eigenvalue weighted by Gasteiger charge is -2.36. The summed E-state index contributed by atoms with van der Waals surface area (Å²) in [5, 5.41) is 8.91. The lowest BCUT2D eigenvalue weighted by molar-refractivity contribution is -0.139. The molecule has 132 valence electrons. The van der Waals surface area contributed by atoms with Gasteiger partial charge in [-0.2, -0.15) is 13.2 Å². The van der Waals surface area contributed by atoms with Crippen molar-refractivity contribution in [1.82, 2.24) is 0 Å². The van der Waals surface area contributed by atoms with Crippen LogP contribution in [0.15, 0.2) is 17.1 Å². The number of halogens is 4. The van der Waals surface area contributed by atoms with Gasteiger partial charge in [0.15, 0.2) is 0 Å². The van der Waals surface area contributed by atoms with E-state index in [1.807, 2.05) is 0 Å². The Bertz CT molecular complexity index is 697. The minimum absolute atomic E-state index is 0.0175. The highest BCUT2D eigenvalue weighted by Gasteiger charge is 2.49. The maximum Gasteiger partial charge on any atom is 0.416 e. The van der Waals surface area contributed by atoms with Crippen LogP contribution in [0.25, 0.3) is 0 Å². The molecule has 0 saturated carbocycles. The van der Waals surface area contributed by atoms with Gasteiger partial charge in [-0.3, -0.25) is 9.79 Å². The zero-order valence-corrected chi connectivity index (χ0v) is 13.7. The SMILES string of the molecule is CCC(CCC(=O)O)C1(C)C(C)=Nc2cc(F)cc(C(F)(F)F)c21. The Morgan fingerprint density at radius 2 is 2.00 bits per heavy atom. The summed E-state index contributed by atoms with van der Waals surface area (Å²) in [6.45, 7) is 5.06. The molecular formula is C17H19F4NO2. The monoisotopic (exact) mass is 345 g/mol. The number of nitrogens with zero attached hydrogens (tertiary/aromatic N) is 1. The molecule has 3 nitrogen and oxygen atoms in total. The number of aliphatic imine (C=N–C) groups is 1. The van der Waals surface area contributed by atoms with Crippen molar-refractivity contribution in [1.29, 1.82) is 0 Å². The van der Waals surface area contributed by atoms with E-state index in [2.05, 4.69) is 4.99 Å². The molecule has 1 aromatic carbocycles. The molecule has 1 N–H and O–H groups in total. The third kappa shape index (κ3) is 3.03. The van der Waals surface area contributed by atoms with Crippen LogP contribution >= 0.6 is 0 Å². The van der Waals surface area contributed by atoms with E-state index in [1.54, 1.807) is 20.8 Å². The molecule has 0 fully saturated rings. The summed E-state index contributed by atoms with van der Waals surface area (Å²) in [5.41, 5.74) is -1.72. The first kappa shape index (κ1) is 18.4. The average molecular weight is 345 g/mol. The van der Waals surface area contributed by atoms with E-state index in [0.29, 0.717) is 18.2 Å². The van der Waals surface area contributed by atoms with Crippen molar-refractivity contribution in [3.05, 3.63) is 29.1 Å². The first-order chi connectivity index (χ1) is 11.0. The van der Waals surface area contributed by atoms with Crippen molar-refractivity contribution >= 4 is 17.4 Å². The summed E-state index contributed by atoms with van der Waals surface area (Å²) < 4.78 is 54.0. The van der Waals surface area contributed by atoms with Crippen LogP contribution in [0, 0.1) is 11.7 Å². The Morgan fingerprint density at radius 1 is 1.38 bits per heavy atom. The molecule has 0 radical (unpaired) electrons. The summed E-state index contributed by atoms with van der Waals surface area (Å²) in [7, 11) is 0. The summed E-state index contributed by atoms with van der Waals surface area (Å²) >= 11 is 0. The van der Waals surface area contributed by atoms with Gasteiger partial charge in [0, 0.05) is 23.1 Å². The van der Waals surface area contributed by atoms with Crippen LogP contribution in [0.1, 0.15) is 51.2 Å². The van der Waals surface area contributed by atoms with Crippen molar-refractivity contribution in [2.24, 2.45) is 10.9 Å². The summed E-state index contributed by atoms with van der Waals surface area (Å²) in [4.78, 5) is 15.0. The predicted molar refractivity (Wildman–Crippen MR) is 82.2 cm³/mol. The Balaban J connectivity index is 2.63. The van der Waals surface area contributed by atoms with Crippen LogP contribution in [0.5, 0.6) is 0 Å². The average Bonchev–Trinajstić information content (AvgIpc) is 2.69. The van der Waals surface area contributed by atoms with E-state index in [1.165, 1.54) is 0 Å². The van der Waals surface area contributed by atoms with E-state index in [4.69, 9.17) is 5.11 Å². The highest BCUT2D eigenvalue weighted by Crippen LogP contribution is 2.52. The van der Waals surface area contributed by atoms with Crippen molar-refractivity contribution in [3.8, 4) is 0 Å². The molecule has 7 heteroatoms. The maximum absolute atomic E-state index is 13.6. The number of carboxylic acids is 1. The fourth-order valence-corrected chi connectivity index (χ4v) is 3.63. The molecule has 1 heterocycles. The van der Waals surface area contributed by atoms with E-state index in [-0.39, 0.29) is 30.0 Å². The highest BCUT2D eigenvalue weighted by molar-refractivity contribution is 6.00. The van der Waals surface area contributed by atoms with Crippen LogP contribution in [-0.4, -0.2) is 16.8 Å². The first-order valence-electron chi connectivity index (χ1n) is 7.70. The molecule has 1 aromatic rings. The largest absolute Gasteiger partial charge is 0.481 e. The Hall–Kier alpha value is -1.92. The van der Waals surface area contributed by atoms with Gasteiger partial charge in [-0.25, -0.2) is 4.39 Å². The minimum atomic E-state index is -4.71. The van der Waals surface area contributed by atoms with Crippen molar-refractivity contribution in [3.63, 3.8) is 0 Å². The van der Waals surface area contributed by atoms with Gasteiger partial charge >= 0.3 is 12.1 Å². The van der Waals surface area contributed by atoms with Crippen LogP contribution < -0.4 is 0 Å². The zero-order chi connectivity index (χ0) is 18.3. The number of alkyl halides is 3. The van der Waals surface area contributed by atoms with Gasteiger partial charge in [0.2, 0.25) is 0 Å². The molecular weight excluding hydrogens is 326 g/mol. The number of carboxylic acid groups (broad SMARTS) is 1. The number of hydrogen-bond donors (Lipinski definition) is 1. The van der Waals surface area contributed by atoms with Gasteiger partial charge in [-0.05, 0) is 38.3 Å². The normalized spacial score (nSPS) is 21.4. The first-order valence-corrected chi connectivity index (χ1v) is 7.70. The Labute approximate surface area is 137 Å². The van der Waals surface area contributed by atoms with Crippen LogP contribution in [-0.2, 0) is 16.4 Å². The predicted octanol–water partition coefficient (Wildman–Crippen LogP) is 5.10. The molecule has 24 heavy (non-hydrogen) atoms. The topological polar surface area (TPSA) is 49.7 Å². The molecule has 1 aliphatic rings. The summed E-state index contributed by atoms with van der Waals surface area (Å²) in [6, 6.07) is 1.50. The highest BCUT2D eigenvalue weighted by atomic mass is 19.4. The molecule has 2 rings (SSSR count). The number of carbonyl (C=O) groups is 1. The van der Waals surface area contributed by atoms with Crippen molar-refractivity contribution < 1.29 is 27.5 Å². The van der Waals surface area contributed by atoms with Crippen molar-refractivity contribution in [2.45, 2.75) is 51.6 Å². The lowest BCUT2D eigenvalue weighted by atomic mass is 9.66. The quantitative estimate of drug-likeness (QED) is 0.755. The van der Waals surface area contributed by atoms with Crippen molar-refractivity contribution in [2.75, 3.05) is 0 Å². The summed E-state index contributed by atoms with van der Waals surface area (Å²) in [6.07, 6.45) is -4.13. The molecule has 0 amide bonds. The number of rotatable bonds is 5. The third-order valence-corrected chi connectivity index (χ3v) is 4.96. The van der Waals surface area contributed by atoms with E-state index in [0.717, 1.165) is 6.07 Å². The fraction of sp³-hybridized carbons (Fsp3) is 0.529. The second-order valence-corrected chi connectivity index (χ2v) is 6.28. The third-order valence-electron chi connectivity index (χ3n) is 4.96. The maximum atomic E-state index is 13.6. The molecule has 1 aliphatic heterocycles. The van der Waals surface area contributed by atoms with Gasteiger partial charge in [0.1, 0.15) is 5.82 Å². The van der Waals surface area contributed by atoms with Crippen LogP contribution in [0.4, 0.5) is 23.2 Å². The van der Waals surface area contributed by atoms with E-state index < -0.39 is 28.9 Å². The molecule has 0 aliphatic carbocycles. The van der Waals surface area contributed by atoms with Gasteiger partial charge < -0.3 is 5.11 Å². The van der Waals surface area contributed by atoms with E-state index in [9.17, 15) is 22.4 Å². The van der Waals surface area contributed by atoms with Gasteiger partial charge in [-0.15, -0.1) is 0 Å². The van der Waals surface area contributed by atoms with Gasteiger partial charge in [0.25, 0.3) is 0 Å². The fourth-order valence-electron chi connectivity index (χ4n) is 3.63. The zero-order valence-electron chi connectivity index (χ0n) is 13.7. The molecule has 2 atom stereocenters. The Kier molecular flexibility index (Phi) is 4.74. The number of benzene rings is 1. The molecule has 2 unspecified atom stereocenters. The molecule has 0 bridgehead atoms. The standard InChI is InChI=1S/C17H19F4NO2/c1-4-10(5-6-14(23)24)16(3)9(2)22-13-8-11(18)7-12(15(13)16)17(19,20)21/h7-8,10H,4-6H2,1-3H3,(H,23,24). The second-order valence-electron chi connectivity index (χ2n) is 6.28. The van der Waals surface area contributed by atoms with Gasteiger partial charge in [-0.1, -0.05) is 13.3 Å². The van der Waals surface area contributed by atoms with E-state index >= 15 is 0 Å². The number of fused-ring (bicyclic) bond motifs is 1. The minimum Gasteiger partial charge on any atom is -0.481 e. The Morgan fingerprint density at radius 3 is 2.50 bits per heavy atom. The number of aliphatic carboxylic acids is 1. The molecule has 0 aromatic heterocycles. The molecule has 0 saturated heterocycles. The second kappa shape index (κ2) is 6.18. The number of hydrogen-bond acceptors (Lipinski definition) is 2. The smallest absolute Gasteiger partial charge is 0.416 e.